The summed E-state index contributed by atoms with van der Waals surface area (Å²) in [5, 5.41) is 3.66. The van der Waals surface area contributed by atoms with Crippen LogP contribution in [0.15, 0.2) is 36.4 Å². The minimum absolute atomic E-state index is 0.474. The first kappa shape index (κ1) is 11.7. The van der Waals surface area contributed by atoms with E-state index in [9.17, 15) is 0 Å². The van der Waals surface area contributed by atoms with E-state index in [1.165, 1.54) is 0 Å². The largest absolute Gasteiger partial charge is 0.495 e. The molecule has 0 aliphatic carbocycles. The Hall–Kier alpha value is -1.74. The number of hydrogen-bond acceptors (Lipinski definition) is 3. The monoisotopic (exact) mass is 248 g/mol. The first-order valence-corrected chi connectivity index (χ1v) is 5.61. The van der Waals surface area contributed by atoms with Crippen molar-refractivity contribution in [3.63, 3.8) is 0 Å². The molecule has 4 heteroatoms. The predicted octanol–water partition coefficient (Wildman–Crippen LogP) is 3.80. The van der Waals surface area contributed by atoms with Crippen molar-refractivity contribution in [1.29, 1.82) is 0 Å². The Kier molecular flexibility index (Phi) is 3.49. The van der Waals surface area contributed by atoms with Gasteiger partial charge in [-0.05, 0) is 36.8 Å². The fraction of sp³-hybridized carbons (Fsp3) is 0.154. The highest BCUT2D eigenvalue weighted by Crippen LogP contribution is 2.27. The summed E-state index contributed by atoms with van der Waals surface area (Å²) in [5.74, 6) is 1.48. The summed E-state index contributed by atoms with van der Waals surface area (Å²) in [6.07, 6.45) is 0. The number of hydrogen-bond donors (Lipinski definition) is 1. The molecule has 0 saturated heterocycles. The number of benzene rings is 1. The Morgan fingerprint density at radius 2 is 2.00 bits per heavy atom. The number of methoxy groups -OCH3 is 1. The number of aryl methyl sites for hydroxylation is 1. The molecule has 2 aromatic rings. The lowest BCUT2D eigenvalue weighted by molar-refractivity contribution is 0.417. The maximum atomic E-state index is 5.91. The van der Waals surface area contributed by atoms with Gasteiger partial charge in [0.15, 0.2) is 0 Å². The summed E-state index contributed by atoms with van der Waals surface area (Å²) < 4.78 is 5.25. The maximum Gasteiger partial charge on any atom is 0.142 e. The molecule has 3 nitrogen and oxygen atoms in total. The summed E-state index contributed by atoms with van der Waals surface area (Å²) in [7, 11) is 1.64. The van der Waals surface area contributed by atoms with Gasteiger partial charge in [0.1, 0.15) is 16.7 Å². The molecular formula is C13H13ClN2O. The number of anilines is 2. The zero-order valence-electron chi connectivity index (χ0n) is 9.70. The molecule has 0 aliphatic rings. The number of pyridine rings is 1. The molecule has 0 amide bonds. The number of aromatic nitrogens is 1. The highest BCUT2D eigenvalue weighted by atomic mass is 35.5. The van der Waals surface area contributed by atoms with Gasteiger partial charge in [-0.3, -0.25) is 0 Å². The van der Waals surface area contributed by atoms with E-state index < -0.39 is 0 Å². The number of nitrogens with zero attached hydrogens (tertiary/aromatic N) is 1. The van der Waals surface area contributed by atoms with Crippen molar-refractivity contribution in [2.75, 3.05) is 12.4 Å². The van der Waals surface area contributed by atoms with Crippen LogP contribution in [0.1, 0.15) is 5.56 Å². The average Bonchev–Trinajstić information content (AvgIpc) is 2.28. The zero-order valence-corrected chi connectivity index (χ0v) is 10.5. The highest BCUT2D eigenvalue weighted by molar-refractivity contribution is 6.29. The highest BCUT2D eigenvalue weighted by Gasteiger charge is 2.03. The van der Waals surface area contributed by atoms with E-state index in [2.05, 4.69) is 10.3 Å². The van der Waals surface area contributed by atoms with Crippen LogP contribution in [0.5, 0.6) is 5.75 Å². The van der Waals surface area contributed by atoms with Gasteiger partial charge in [-0.25, -0.2) is 4.98 Å². The third-order valence-corrected chi connectivity index (χ3v) is 2.50. The molecule has 1 aromatic heterocycles. The molecule has 0 spiro atoms. The number of ether oxygens (including phenoxy) is 1. The molecule has 0 aliphatic heterocycles. The molecule has 0 saturated carbocycles. The van der Waals surface area contributed by atoms with E-state index in [1.54, 1.807) is 7.11 Å². The van der Waals surface area contributed by atoms with E-state index in [-0.39, 0.29) is 0 Å². The van der Waals surface area contributed by atoms with Crippen LogP contribution in [0.3, 0.4) is 0 Å². The normalized spacial score (nSPS) is 10.1. The van der Waals surface area contributed by atoms with E-state index in [1.807, 2.05) is 43.3 Å². The van der Waals surface area contributed by atoms with Crippen LogP contribution in [-0.2, 0) is 0 Å². The van der Waals surface area contributed by atoms with Crippen LogP contribution < -0.4 is 10.1 Å². The number of nitrogens with one attached hydrogen (secondary N) is 1. The van der Waals surface area contributed by atoms with Crippen LogP contribution >= 0.6 is 11.6 Å². The third-order valence-electron chi connectivity index (χ3n) is 2.31. The second kappa shape index (κ2) is 5.06. The van der Waals surface area contributed by atoms with Crippen LogP contribution in [0.25, 0.3) is 0 Å². The summed E-state index contributed by atoms with van der Waals surface area (Å²) >= 11 is 5.91. The topological polar surface area (TPSA) is 34.1 Å². The summed E-state index contributed by atoms with van der Waals surface area (Å²) in [5.41, 5.74) is 1.92. The van der Waals surface area contributed by atoms with Gasteiger partial charge in [0.2, 0.25) is 0 Å². The molecule has 1 aromatic carbocycles. The van der Waals surface area contributed by atoms with Crippen molar-refractivity contribution >= 4 is 23.1 Å². The molecular weight excluding hydrogens is 236 g/mol. The third kappa shape index (κ3) is 2.88. The van der Waals surface area contributed by atoms with Crippen molar-refractivity contribution in [1.82, 2.24) is 4.98 Å². The molecule has 17 heavy (non-hydrogen) atoms. The first-order valence-electron chi connectivity index (χ1n) is 5.23. The van der Waals surface area contributed by atoms with Crippen LogP contribution in [0, 0.1) is 6.92 Å². The summed E-state index contributed by atoms with van der Waals surface area (Å²) in [6, 6.07) is 11.4. The molecule has 0 fully saturated rings. The van der Waals surface area contributed by atoms with Gasteiger partial charge in [0.25, 0.3) is 0 Å². The van der Waals surface area contributed by atoms with Gasteiger partial charge < -0.3 is 10.1 Å². The van der Waals surface area contributed by atoms with Gasteiger partial charge in [0.05, 0.1) is 12.8 Å². The van der Waals surface area contributed by atoms with Gasteiger partial charge in [-0.1, -0.05) is 23.7 Å². The standard InChI is InChI=1S/C13H13ClN2O/c1-9-7-12(14)16-13(8-9)15-10-5-3-4-6-11(10)17-2/h3-8H,1-2H3,(H,15,16). The predicted molar refractivity (Wildman–Crippen MR) is 70.3 cm³/mol. The molecule has 0 bridgehead atoms. The minimum Gasteiger partial charge on any atom is -0.495 e. The van der Waals surface area contributed by atoms with Gasteiger partial charge in [-0.2, -0.15) is 0 Å². The molecule has 0 atom stereocenters. The van der Waals surface area contributed by atoms with E-state index in [0.29, 0.717) is 11.0 Å². The average molecular weight is 249 g/mol. The second-order valence-corrected chi connectivity index (χ2v) is 4.06. The summed E-state index contributed by atoms with van der Waals surface area (Å²) in [6.45, 7) is 1.97. The fourth-order valence-corrected chi connectivity index (χ4v) is 1.84. The Bertz CT molecular complexity index is 508. The van der Waals surface area contributed by atoms with Gasteiger partial charge in [-0.15, -0.1) is 0 Å². The smallest absolute Gasteiger partial charge is 0.142 e. The lowest BCUT2D eigenvalue weighted by Gasteiger charge is -2.10. The lowest BCUT2D eigenvalue weighted by atomic mass is 10.2. The number of rotatable bonds is 3. The van der Waals surface area contributed by atoms with Gasteiger partial charge >= 0.3 is 0 Å². The molecule has 0 radical (unpaired) electrons. The molecule has 88 valence electrons. The Morgan fingerprint density at radius 3 is 2.71 bits per heavy atom. The van der Waals surface area contributed by atoms with E-state index >= 15 is 0 Å². The van der Waals surface area contributed by atoms with Crippen molar-refractivity contribution in [2.45, 2.75) is 6.92 Å². The number of para-hydroxylation sites is 2. The van der Waals surface area contributed by atoms with Crippen molar-refractivity contribution in [3.05, 3.63) is 47.1 Å². The fourth-order valence-electron chi connectivity index (χ4n) is 1.57. The minimum atomic E-state index is 0.474. The first-order chi connectivity index (χ1) is 8.19. The molecule has 2 rings (SSSR count). The molecule has 1 heterocycles. The van der Waals surface area contributed by atoms with Crippen LogP contribution in [-0.4, -0.2) is 12.1 Å². The van der Waals surface area contributed by atoms with Crippen molar-refractivity contribution in [3.8, 4) is 5.75 Å². The van der Waals surface area contributed by atoms with Crippen LogP contribution in [0.4, 0.5) is 11.5 Å². The zero-order chi connectivity index (χ0) is 12.3. The van der Waals surface area contributed by atoms with Crippen molar-refractivity contribution in [2.24, 2.45) is 0 Å². The maximum absolute atomic E-state index is 5.91. The second-order valence-electron chi connectivity index (χ2n) is 3.68. The van der Waals surface area contributed by atoms with Crippen LogP contribution in [0.2, 0.25) is 5.15 Å². The molecule has 1 N–H and O–H groups in total. The van der Waals surface area contributed by atoms with E-state index in [4.69, 9.17) is 16.3 Å². The van der Waals surface area contributed by atoms with E-state index in [0.717, 1.165) is 17.0 Å². The quantitative estimate of drug-likeness (QED) is 0.839. The summed E-state index contributed by atoms with van der Waals surface area (Å²) in [4.78, 5) is 4.20. The van der Waals surface area contributed by atoms with Crippen molar-refractivity contribution < 1.29 is 4.74 Å². The molecule has 0 unspecified atom stereocenters. The Morgan fingerprint density at radius 1 is 1.24 bits per heavy atom. The Labute approximate surface area is 105 Å². The SMILES string of the molecule is COc1ccccc1Nc1cc(C)cc(Cl)n1. The lowest BCUT2D eigenvalue weighted by Crippen LogP contribution is -1.97. The van der Waals surface area contributed by atoms with Gasteiger partial charge in [0, 0.05) is 0 Å². The number of halogens is 1. The Balaban J connectivity index is 2.31.